The van der Waals surface area contributed by atoms with Crippen molar-refractivity contribution in [2.24, 2.45) is 11.7 Å². The molecule has 0 radical (unpaired) electrons. The molecule has 1 saturated carbocycles. The number of benzene rings is 1. The zero-order valence-electron chi connectivity index (χ0n) is 16.0. The number of piperazine rings is 1. The molecule has 1 aromatic heterocycles. The van der Waals surface area contributed by atoms with Gasteiger partial charge in [-0.1, -0.05) is 5.16 Å². The summed E-state index contributed by atoms with van der Waals surface area (Å²) in [4.78, 5) is 4.82. The summed E-state index contributed by atoms with van der Waals surface area (Å²) in [5.41, 5.74) is 7.17. The van der Waals surface area contributed by atoms with E-state index in [1.165, 1.54) is 44.7 Å². The van der Waals surface area contributed by atoms with Crippen molar-refractivity contribution in [3.05, 3.63) is 23.5 Å². The number of rotatable bonds is 4. The maximum Gasteiger partial charge on any atom is 0.180 e. The first-order valence-corrected chi connectivity index (χ1v) is 9.88. The highest BCUT2D eigenvalue weighted by Crippen LogP contribution is 2.30. The minimum atomic E-state index is -0.242. The zero-order chi connectivity index (χ0) is 18.1. The van der Waals surface area contributed by atoms with Gasteiger partial charge in [0, 0.05) is 38.3 Å². The predicted molar refractivity (Wildman–Crippen MR) is 109 cm³/mol. The summed E-state index contributed by atoms with van der Waals surface area (Å²) in [5, 5.41) is 5.12. The van der Waals surface area contributed by atoms with Gasteiger partial charge in [0.05, 0.1) is 5.39 Å². The van der Waals surface area contributed by atoms with Crippen LogP contribution in [0.1, 0.15) is 37.7 Å². The van der Waals surface area contributed by atoms with E-state index in [4.69, 9.17) is 10.3 Å². The van der Waals surface area contributed by atoms with Gasteiger partial charge in [0.1, 0.15) is 5.82 Å². The zero-order valence-corrected chi connectivity index (χ0v) is 16.8. The van der Waals surface area contributed by atoms with Gasteiger partial charge >= 0.3 is 0 Å². The number of aryl methyl sites for hydroxylation is 1. The van der Waals surface area contributed by atoms with Crippen molar-refractivity contribution >= 4 is 29.2 Å². The molecule has 1 aliphatic carbocycles. The molecule has 1 saturated heterocycles. The Morgan fingerprint density at radius 2 is 1.85 bits per heavy atom. The molecule has 7 heteroatoms. The van der Waals surface area contributed by atoms with E-state index in [0.29, 0.717) is 17.2 Å². The molecule has 0 amide bonds. The highest BCUT2D eigenvalue weighted by Gasteiger charge is 2.24. The highest BCUT2D eigenvalue weighted by atomic mass is 35.5. The minimum Gasteiger partial charge on any atom is -0.354 e. The Balaban J connectivity index is 0.00000210. The topological polar surface area (TPSA) is 58.5 Å². The maximum atomic E-state index is 13.7. The van der Waals surface area contributed by atoms with E-state index in [1.54, 1.807) is 6.92 Å². The molecule has 2 aromatic rings. The maximum absolute atomic E-state index is 13.7. The Bertz CT molecular complexity index is 752. The number of nitrogens with two attached hydrogens (primary N) is 1. The standard InChI is InChI=1S/C20H29FN4O.ClH/c1-14-12-17-19(13-18(14)21)26-23-20(17)25-10-8-24(9-11-25)7-6-15-2-4-16(22)5-3-15;/h12-13,15-16H,2-11,22H2,1H3;1H/t15-,16-;. The Kier molecular flexibility index (Phi) is 6.61. The van der Waals surface area contributed by atoms with Gasteiger partial charge in [0.25, 0.3) is 0 Å². The molecular formula is C20H30ClFN4O. The van der Waals surface area contributed by atoms with E-state index in [0.717, 1.165) is 43.3 Å². The largest absolute Gasteiger partial charge is 0.354 e. The third-order valence-electron chi connectivity index (χ3n) is 6.15. The second-order valence-electron chi connectivity index (χ2n) is 8.00. The molecule has 1 aromatic carbocycles. The van der Waals surface area contributed by atoms with E-state index in [2.05, 4.69) is 15.0 Å². The first-order valence-electron chi connectivity index (χ1n) is 9.88. The summed E-state index contributed by atoms with van der Waals surface area (Å²) < 4.78 is 19.0. The highest BCUT2D eigenvalue weighted by molar-refractivity contribution is 5.89. The molecule has 27 heavy (non-hydrogen) atoms. The Morgan fingerprint density at radius 3 is 2.56 bits per heavy atom. The van der Waals surface area contributed by atoms with Crippen LogP contribution < -0.4 is 10.6 Å². The molecule has 2 aliphatic rings. The lowest BCUT2D eigenvalue weighted by Gasteiger charge is -2.36. The molecule has 0 spiro atoms. The number of halogens is 2. The molecule has 4 rings (SSSR count). The fraction of sp³-hybridized carbons (Fsp3) is 0.650. The first kappa shape index (κ1) is 20.4. The molecule has 0 atom stereocenters. The van der Waals surface area contributed by atoms with Crippen LogP contribution in [-0.2, 0) is 0 Å². The van der Waals surface area contributed by atoms with Gasteiger partial charge in [-0.15, -0.1) is 12.4 Å². The second kappa shape index (κ2) is 8.76. The molecule has 0 bridgehead atoms. The van der Waals surface area contributed by atoms with Crippen LogP contribution in [0.3, 0.4) is 0 Å². The van der Waals surface area contributed by atoms with Gasteiger partial charge in [0.15, 0.2) is 11.4 Å². The SMILES string of the molecule is Cc1cc2c(N3CCN(CC[C@H]4CC[C@H](N)CC4)CC3)noc2cc1F.Cl. The fourth-order valence-electron chi connectivity index (χ4n) is 4.31. The van der Waals surface area contributed by atoms with Crippen molar-refractivity contribution in [1.82, 2.24) is 10.1 Å². The monoisotopic (exact) mass is 396 g/mol. The molecular weight excluding hydrogens is 367 g/mol. The average Bonchev–Trinajstić information content (AvgIpc) is 3.05. The van der Waals surface area contributed by atoms with Crippen LogP contribution >= 0.6 is 12.4 Å². The van der Waals surface area contributed by atoms with E-state index >= 15 is 0 Å². The normalized spacial score (nSPS) is 24.2. The van der Waals surface area contributed by atoms with Gasteiger partial charge < -0.3 is 15.2 Å². The Hall–Kier alpha value is -1.37. The van der Waals surface area contributed by atoms with Crippen LogP contribution in [0.5, 0.6) is 0 Å². The van der Waals surface area contributed by atoms with Crippen LogP contribution in [0.15, 0.2) is 16.7 Å². The van der Waals surface area contributed by atoms with Crippen molar-refractivity contribution in [2.75, 3.05) is 37.6 Å². The van der Waals surface area contributed by atoms with E-state index < -0.39 is 0 Å². The van der Waals surface area contributed by atoms with Crippen LogP contribution in [0.2, 0.25) is 0 Å². The lowest BCUT2D eigenvalue weighted by molar-refractivity contribution is 0.216. The summed E-state index contributed by atoms with van der Waals surface area (Å²) >= 11 is 0. The fourth-order valence-corrected chi connectivity index (χ4v) is 4.31. The summed E-state index contributed by atoms with van der Waals surface area (Å²) in [6.07, 6.45) is 6.26. The average molecular weight is 397 g/mol. The minimum absolute atomic E-state index is 0. The predicted octanol–water partition coefficient (Wildman–Crippen LogP) is 3.73. The van der Waals surface area contributed by atoms with E-state index in [9.17, 15) is 4.39 Å². The number of aromatic nitrogens is 1. The van der Waals surface area contributed by atoms with Crippen molar-refractivity contribution in [2.45, 2.75) is 45.1 Å². The third-order valence-corrected chi connectivity index (χ3v) is 6.15. The second-order valence-corrected chi connectivity index (χ2v) is 8.00. The van der Waals surface area contributed by atoms with Gasteiger partial charge in [0.2, 0.25) is 0 Å². The summed E-state index contributed by atoms with van der Waals surface area (Å²) in [5.74, 6) is 1.46. The molecule has 2 fully saturated rings. The van der Waals surface area contributed by atoms with Gasteiger partial charge in [-0.05, 0) is 63.1 Å². The number of anilines is 1. The van der Waals surface area contributed by atoms with Crippen LogP contribution in [0, 0.1) is 18.7 Å². The smallest absolute Gasteiger partial charge is 0.180 e. The lowest BCUT2D eigenvalue weighted by Crippen LogP contribution is -2.47. The van der Waals surface area contributed by atoms with E-state index in [-0.39, 0.29) is 18.2 Å². The molecule has 0 unspecified atom stereocenters. The van der Waals surface area contributed by atoms with Gasteiger partial charge in [-0.2, -0.15) is 0 Å². The van der Waals surface area contributed by atoms with Crippen molar-refractivity contribution < 1.29 is 8.91 Å². The molecule has 5 nitrogen and oxygen atoms in total. The van der Waals surface area contributed by atoms with Crippen LogP contribution in [0.25, 0.3) is 11.0 Å². The number of nitrogens with zero attached hydrogens (tertiary/aromatic N) is 3. The van der Waals surface area contributed by atoms with Crippen molar-refractivity contribution in [3.63, 3.8) is 0 Å². The summed E-state index contributed by atoms with van der Waals surface area (Å²) in [6, 6.07) is 3.72. The molecule has 150 valence electrons. The number of hydrogen-bond acceptors (Lipinski definition) is 5. The van der Waals surface area contributed by atoms with Gasteiger partial charge in [-0.3, -0.25) is 4.90 Å². The molecule has 2 N–H and O–H groups in total. The third kappa shape index (κ3) is 4.55. The molecule has 1 aliphatic heterocycles. The van der Waals surface area contributed by atoms with Gasteiger partial charge in [-0.25, -0.2) is 4.39 Å². The van der Waals surface area contributed by atoms with Crippen LogP contribution in [0.4, 0.5) is 10.2 Å². The Labute approximate surface area is 166 Å². The van der Waals surface area contributed by atoms with Crippen molar-refractivity contribution in [3.8, 4) is 0 Å². The first-order chi connectivity index (χ1) is 12.6. The number of fused-ring (bicyclic) bond motifs is 1. The Morgan fingerprint density at radius 1 is 1.15 bits per heavy atom. The van der Waals surface area contributed by atoms with Crippen LogP contribution in [-0.4, -0.2) is 48.8 Å². The lowest BCUT2D eigenvalue weighted by atomic mass is 9.84. The van der Waals surface area contributed by atoms with Crippen molar-refractivity contribution in [1.29, 1.82) is 0 Å². The summed E-state index contributed by atoms with van der Waals surface area (Å²) in [7, 11) is 0. The number of hydrogen-bond donors (Lipinski definition) is 1. The quantitative estimate of drug-likeness (QED) is 0.853. The van der Waals surface area contributed by atoms with E-state index in [1.807, 2.05) is 6.07 Å². The molecule has 2 heterocycles. The summed E-state index contributed by atoms with van der Waals surface area (Å²) in [6.45, 7) is 6.92.